The van der Waals surface area contributed by atoms with Crippen molar-refractivity contribution in [2.75, 3.05) is 0 Å². The molecule has 0 saturated carbocycles. The summed E-state index contributed by atoms with van der Waals surface area (Å²) in [4.78, 5) is 0. The van der Waals surface area contributed by atoms with Gasteiger partial charge in [0, 0.05) is 6.04 Å². The lowest BCUT2D eigenvalue weighted by atomic mass is 10.0. The van der Waals surface area contributed by atoms with Crippen LogP contribution in [0.3, 0.4) is 0 Å². The lowest BCUT2D eigenvalue weighted by molar-refractivity contribution is -0.138. The Labute approximate surface area is 86.9 Å². The van der Waals surface area contributed by atoms with E-state index < -0.39 is 41.7 Å². The van der Waals surface area contributed by atoms with Crippen molar-refractivity contribution in [3.63, 3.8) is 0 Å². The Hall–Kier alpha value is -1.24. The van der Waals surface area contributed by atoms with E-state index in [0.29, 0.717) is 12.1 Å². The van der Waals surface area contributed by atoms with Crippen molar-refractivity contribution < 1.29 is 26.3 Å². The first-order valence-corrected chi connectivity index (χ1v) is 4.17. The fourth-order valence-corrected chi connectivity index (χ4v) is 1.16. The number of alkyl halides is 3. The molecule has 1 atom stereocenters. The number of hydrogen-bond donors (Lipinski definition) is 1. The van der Waals surface area contributed by atoms with Gasteiger partial charge in [-0.05, 0) is 17.7 Å². The third-order valence-corrected chi connectivity index (χ3v) is 1.89. The lowest BCUT2D eigenvalue weighted by Gasteiger charge is -2.14. The summed E-state index contributed by atoms with van der Waals surface area (Å²) < 4.78 is 73.7. The number of halogens is 6. The van der Waals surface area contributed by atoms with Crippen LogP contribution in [-0.2, 0) is 0 Å². The van der Waals surface area contributed by atoms with E-state index in [1.54, 1.807) is 0 Å². The van der Waals surface area contributed by atoms with Gasteiger partial charge in [-0.1, -0.05) is 0 Å². The van der Waals surface area contributed by atoms with Crippen LogP contribution in [0.4, 0.5) is 26.3 Å². The molecule has 0 aliphatic carbocycles. The molecule has 0 aliphatic heterocycles. The lowest BCUT2D eigenvalue weighted by Crippen LogP contribution is -2.20. The second kappa shape index (κ2) is 4.32. The van der Waals surface area contributed by atoms with Gasteiger partial charge in [0.15, 0.2) is 17.5 Å². The average molecular weight is 243 g/mol. The number of rotatable bonds is 2. The Bertz CT molecular complexity index is 363. The zero-order valence-electron chi connectivity index (χ0n) is 7.78. The van der Waals surface area contributed by atoms with E-state index >= 15 is 0 Å². The van der Waals surface area contributed by atoms with Gasteiger partial charge in [0.25, 0.3) is 0 Å². The molecule has 0 saturated heterocycles. The van der Waals surface area contributed by atoms with Gasteiger partial charge >= 0.3 is 6.18 Å². The summed E-state index contributed by atoms with van der Waals surface area (Å²) in [5.41, 5.74) is 4.66. The highest BCUT2D eigenvalue weighted by atomic mass is 19.4. The van der Waals surface area contributed by atoms with E-state index in [2.05, 4.69) is 0 Å². The summed E-state index contributed by atoms with van der Waals surface area (Å²) in [6.07, 6.45) is -5.99. The second-order valence-corrected chi connectivity index (χ2v) is 3.22. The van der Waals surface area contributed by atoms with Crippen molar-refractivity contribution in [3.05, 3.63) is 35.1 Å². The molecule has 1 rings (SSSR count). The molecular formula is C9H7F6N. The van der Waals surface area contributed by atoms with Crippen molar-refractivity contribution in [1.82, 2.24) is 0 Å². The minimum absolute atomic E-state index is 0.436. The second-order valence-electron chi connectivity index (χ2n) is 3.22. The van der Waals surface area contributed by atoms with Crippen LogP contribution in [0.2, 0.25) is 0 Å². The van der Waals surface area contributed by atoms with E-state index in [0.717, 1.165) is 0 Å². The number of benzene rings is 1. The first-order valence-electron chi connectivity index (χ1n) is 4.17. The molecule has 0 radical (unpaired) electrons. The number of nitrogens with two attached hydrogens (primary N) is 1. The molecular weight excluding hydrogens is 236 g/mol. The van der Waals surface area contributed by atoms with Crippen molar-refractivity contribution in [1.29, 1.82) is 0 Å². The highest BCUT2D eigenvalue weighted by Gasteiger charge is 2.31. The molecule has 2 N–H and O–H groups in total. The summed E-state index contributed by atoms with van der Waals surface area (Å²) in [5, 5.41) is 0. The van der Waals surface area contributed by atoms with Gasteiger partial charge in [-0.3, -0.25) is 0 Å². The zero-order chi connectivity index (χ0) is 12.5. The van der Waals surface area contributed by atoms with Crippen molar-refractivity contribution in [2.45, 2.75) is 18.6 Å². The molecule has 1 nitrogen and oxygen atoms in total. The van der Waals surface area contributed by atoms with Gasteiger partial charge in [0.2, 0.25) is 0 Å². The molecule has 7 heteroatoms. The van der Waals surface area contributed by atoms with Crippen LogP contribution >= 0.6 is 0 Å². The highest BCUT2D eigenvalue weighted by molar-refractivity contribution is 5.22. The van der Waals surface area contributed by atoms with Crippen molar-refractivity contribution in [2.24, 2.45) is 5.73 Å². The quantitative estimate of drug-likeness (QED) is 0.627. The van der Waals surface area contributed by atoms with Crippen molar-refractivity contribution in [3.8, 4) is 0 Å². The smallest absolute Gasteiger partial charge is 0.324 e. The largest absolute Gasteiger partial charge is 0.390 e. The molecule has 0 spiro atoms. The molecule has 0 fully saturated rings. The maximum absolute atomic E-state index is 12.7. The monoisotopic (exact) mass is 243 g/mol. The minimum Gasteiger partial charge on any atom is -0.324 e. The van der Waals surface area contributed by atoms with E-state index in [4.69, 9.17) is 5.73 Å². The number of hydrogen-bond acceptors (Lipinski definition) is 1. The Morgan fingerprint density at radius 1 is 1.06 bits per heavy atom. The van der Waals surface area contributed by atoms with Crippen LogP contribution < -0.4 is 5.73 Å². The van der Waals surface area contributed by atoms with Gasteiger partial charge in [-0.25, -0.2) is 13.2 Å². The normalized spacial score (nSPS) is 13.9. The fourth-order valence-electron chi connectivity index (χ4n) is 1.16. The van der Waals surface area contributed by atoms with Crippen LogP contribution in [0.25, 0.3) is 0 Å². The molecule has 1 aromatic carbocycles. The Morgan fingerprint density at radius 3 is 1.88 bits per heavy atom. The van der Waals surface area contributed by atoms with E-state index in [9.17, 15) is 26.3 Å². The maximum Gasteiger partial charge on any atom is 0.390 e. The summed E-state index contributed by atoms with van der Waals surface area (Å²) in [5.74, 6) is -4.86. The van der Waals surface area contributed by atoms with Crippen LogP contribution in [0, 0.1) is 17.5 Å². The molecule has 90 valence electrons. The molecule has 0 unspecified atom stereocenters. The standard InChI is InChI=1S/C9H7F6N/c10-5-1-4(2-6(11)8(5)12)7(16)3-9(13,14)15/h1-2,7H,3,16H2/t7-/m0/s1. The third-order valence-electron chi connectivity index (χ3n) is 1.89. The highest BCUT2D eigenvalue weighted by Crippen LogP contribution is 2.29. The van der Waals surface area contributed by atoms with Gasteiger partial charge in [0.05, 0.1) is 6.42 Å². The summed E-state index contributed by atoms with van der Waals surface area (Å²) in [6, 6.07) is -0.714. The Balaban J connectivity index is 2.97. The predicted octanol–water partition coefficient (Wildman–Crippen LogP) is 3.06. The van der Waals surface area contributed by atoms with E-state index in [1.807, 2.05) is 0 Å². The van der Waals surface area contributed by atoms with Crippen molar-refractivity contribution >= 4 is 0 Å². The van der Waals surface area contributed by atoms with Gasteiger partial charge in [0.1, 0.15) is 0 Å². The Kier molecular flexibility index (Phi) is 3.47. The van der Waals surface area contributed by atoms with Gasteiger partial charge in [-0.15, -0.1) is 0 Å². The topological polar surface area (TPSA) is 26.0 Å². The van der Waals surface area contributed by atoms with E-state index in [1.165, 1.54) is 0 Å². The maximum atomic E-state index is 12.7. The fraction of sp³-hybridized carbons (Fsp3) is 0.333. The Morgan fingerprint density at radius 2 is 1.50 bits per heavy atom. The molecule has 16 heavy (non-hydrogen) atoms. The molecule has 0 heterocycles. The molecule has 0 amide bonds. The van der Waals surface area contributed by atoms with Gasteiger partial charge < -0.3 is 5.73 Å². The first kappa shape index (κ1) is 12.8. The van der Waals surface area contributed by atoms with Gasteiger partial charge in [-0.2, -0.15) is 13.2 Å². The molecule has 0 aliphatic rings. The third kappa shape index (κ3) is 3.13. The van der Waals surface area contributed by atoms with Crippen LogP contribution in [0.15, 0.2) is 12.1 Å². The summed E-state index contributed by atoms with van der Waals surface area (Å²) in [6.45, 7) is 0. The first-order chi connectivity index (χ1) is 7.20. The summed E-state index contributed by atoms with van der Waals surface area (Å²) in [7, 11) is 0. The minimum atomic E-state index is -4.55. The molecule has 1 aromatic rings. The van der Waals surface area contributed by atoms with Crippen LogP contribution in [0.1, 0.15) is 18.0 Å². The van der Waals surface area contributed by atoms with E-state index in [-0.39, 0.29) is 0 Å². The molecule has 0 bridgehead atoms. The SMILES string of the molecule is N[C@@H](CC(F)(F)F)c1cc(F)c(F)c(F)c1. The zero-order valence-corrected chi connectivity index (χ0v) is 7.78. The van der Waals surface area contributed by atoms with Crippen LogP contribution in [-0.4, -0.2) is 6.18 Å². The summed E-state index contributed by atoms with van der Waals surface area (Å²) >= 11 is 0. The van der Waals surface area contributed by atoms with Crippen LogP contribution in [0.5, 0.6) is 0 Å². The average Bonchev–Trinajstić information content (AvgIpc) is 2.10. The predicted molar refractivity (Wildman–Crippen MR) is 43.9 cm³/mol. The molecule has 0 aromatic heterocycles.